The van der Waals surface area contributed by atoms with Crippen molar-refractivity contribution in [3.8, 4) is 0 Å². The lowest BCUT2D eigenvalue weighted by Gasteiger charge is -2.31. The van der Waals surface area contributed by atoms with Crippen molar-refractivity contribution in [1.82, 2.24) is 0 Å². The fraction of sp³-hybridized carbons (Fsp3) is 1.00. The molecule has 0 aromatic heterocycles. The molecule has 0 aromatic rings. The highest BCUT2D eigenvalue weighted by Gasteiger charge is 2.17. The number of thiol groups is 2. The summed E-state index contributed by atoms with van der Waals surface area (Å²) < 4.78 is 0. The van der Waals surface area contributed by atoms with Crippen LogP contribution in [0.15, 0.2) is 0 Å². The summed E-state index contributed by atoms with van der Waals surface area (Å²) in [6.07, 6.45) is 1.35. The van der Waals surface area contributed by atoms with Gasteiger partial charge in [-0.25, -0.2) is 0 Å². The minimum atomic E-state index is -0.696. The highest BCUT2D eigenvalue weighted by atomic mass is 33.8. The first kappa shape index (κ1) is 8.36. The number of hydrogen-bond donors (Lipinski definition) is 2. The van der Waals surface area contributed by atoms with Crippen molar-refractivity contribution in [3.05, 3.63) is 0 Å². The molecule has 1 saturated heterocycles. The summed E-state index contributed by atoms with van der Waals surface area (Å²) in [5.41, 5.74) is 0. The van der Waals surface area contributed by atoms with Crippen molar-refractivity contribution >= 4 is 56.8 Å². The van der Waals surface area contributed by atoms with E-state index in [-0.39, 0.29) is 0 Å². The summed E-state index contributed by atoms with van der Waals surface area (Å²) >= 11 is 11.0. The van der Waals surface area contributed by atoms with Gasteiger partial charge in [-0.15, -0.1) is 42.0 Å². The van der Waals surface area contributed by atoms with Crippen LogP contribution in [-0.4, -0.2) is 11.9 Å². The minimum Gasteiger partial charge on any atom is -0.121 e. The van der Waals surface area contributed by atoms with Crippen LogP contribution in [0.25, 0.3) is 0 Å². The van der Waals surface area contributed by atoms with E-state index in [2.05, 4.69) is 23.3 Å². The van der Waals surface area contributed by atoms with Gasteiger partial charge in [0.1, 0.15) is 0 Å². The van der Waals surface area contributed by atoms with Crippen LogP contribution in [0.2, 0.25) is 0 Å². The second-order valence-corrected chi connectivity index (χ2v) is 18.4. The molecule has 0 bridgehead atoms. The first-order chi connectivity index (χ1) is 3.71. The number of hydrogen-bond acceptors (Lipinski definition) is 3. The maximum Gasteiger partial charge on any atom is 0.00286 e. The van der Waals surface area contributed by atoms with E-state index in [0.717, 1.165) is 14.8 Å². The summed E-state index contributed by atoms with van der Waals surface area (Å²) in [5, 5.41) is 0. The molecule has 0 radical (unpaired) electrons. The van der Waals surface area contributed by atoms with E-state index in [4.69, 9.17) is 0 Å². The Kier molecular flexibility index (Phi) is 3.75. The van der Waals surface area contributed by atoms with Gasteiger partial charge >= 0.3 is 0 Å². The smallest absolute Gasteiger partial charge is 0.00286 e. The first-order valence-electron chi connectivity index (χ1n) is 2.12. The molecule has 0 aliphatic carbocycles. The molecular weight excluding hydrogens is 214 g/mol. The van der Waals surface area contributed by atoms with Gasteiger partial charge in [0.2, 0.25) is 0 Å². The molecule has 8 heavy (non-hydrogen) atoms. The molecule has 0 nitrogen and oxygen atoms in total. The van der Waals surface area contributed by atoms with Crippen LogP contribution in [0.1, 0.15) is 0 Å². The Labute approximate surface area is 68.5 Å². The molecule has 1 aliphatic heterocycles. The van der Waals surface area contributed by atoms with Gasteiger partial charge in [0.15, 0.2) is 0 Å². The van der Waals surface area contributed by atoms with Gasteiger partial charge in [-0.1, -0.05) is 7.78 Å². The highest BCUT2D eigenvalue weighted by Crippen LogP contribution is 2.82. The van der Waals surface area contributed by atoms with Crippen LogP contribution in [0.4, 0.5) is 0 Å². The zero-order valence-electron chi connectivity index (χ0n) is 4.13. The maximum atomic E-state index is 4.46. The van der Waals surface area contributed by atoms with Crippen LogP contribution < -0.4 is 0 Å². The van der Waals surface area contributed by atoms with Crippen LogP contribution in [0, 0.1) is 0 Å². The molecule has 6 heteroatoms. The number of rotatable bonds is 0. The molecular formula is C2H8P2S4. The summed E-state index contributed by atoms with van der Waals surface area (Å²) in [7, 11) is 0.424. The van der Waals surface area contributed by atoms with Crippen molar-refractivity contribution in [2.24, 2.45) is 0 Å². The van der Waals surface area contributed by atoms with Gasteiger partial charge in [0.05, 0.1) is 0 Å². The van der Waals surface area contributed by atoms with Gasteiger partial charge in [-0.3, -0.25) is 0 Å². The second-order valence-electron chi connectivity index (χ2n) is 1.45. The molecule has 2 unspecified atom stereocenters. The molecule has 0 N–H and O–H groups in total. The van der Waals surface area contributed by atoms with E-state index in [9.17, 15) is 0 Å². The second kappa shape index (κ2) is 3.59. The first-order valence-corrected chi connectivity index (χ1v) is 11.2. The topological polar surface area (TPSA) is 0 Å². The van der Waals surface area contributed by atoms with E-state index in [1.807, 2.05) is 11.0 Å². The molecule has 0 aromatic carbocycles. The van der Waals surface area contributed by atoms with Gasteiger partial charge in [-0.05, 0) is 6.16 Å². The molecule has 1 aliphatic rings. The van der Waals surface area contributed by atoms with E-state index >= 15 is 0 Å². The Morgan fingerprint density at radius 3 is 2.50 bits per heavy atom. The molecule has 0 saturated carbocycles. The summed E-state index contributed by atoms with van der Waals surface area (Å²) in [5.74, 6) is 1.27. The fourth-order valence-corrected chi connectivity index (χ4v) is 21.3. The zero-order valence-corrected chi connectivity index (χ0v) is 9.55. The Balaban J connectivity index is 2.33. The Hall–Kier alpha value is 2.26. The van der Waals surface area contributed by atoms with Gasteiger partial charge in [0, 0.05) is 12.7 Å². The average Bonchev–Trinajstić information content (AvgIpc) is 1.65. The van der Waals surface area contributed by atoms with Crippen LogP contribution in [-0.2, 0) is 0 Å². The van der Waals surface area contributed by atoms with Crippen LogP contribution >= 0.6 is 56.8 Å². The Morgan fingerprint density at radius 1 is 1.50 bits per heavy atom. The highest BCUT2D eigenvalue weighted by molar-refractivity contribution is 9.42. The molecule has 0 amide bonds. The van der Waals surface area contributed by atoms with E-state index in [1.54, 1.807) is 0 Å². The SMILES string of the molecule is SS1(S)CCPSP1. The van der Waals surface area contributed by atoms with Crippen molar-refractivity contribution in [3.63, 3.8) is 0 Å². The molecule has 0 spiro atoms. The van der Waals surface area contributed by atoms with Crippen LogP contribution in [0.5, 0.6) is 0 Å². The molecule has 1 fully saturated rings. The third-order valence-corrected chi connectivity index (χ3v) is 17.4. The largest absolute Gasteiger partial charge is 0.121 e. The normalized spacial score (nSPS) is 37.8. The van der Waals surface area contributed by atoms with Crippen LogP contribution in [0.3, 0.4) is 0 Å². The lowest BCUT2D eigenvalue weighted by molar-refractivity contribution is 1.56. The third-order valence-electron chi connectivity index (χ3n) is 0.736. The molecule has 50 valence electrons. The lowest BCUT2D eigenvalue weighted by atomic mass is 11.0. The standard InChI is InChI=1S/C2H8P2S4/c5-8(6)2-1-3-7-4-8/h3-6H,1-2H2. The minimum absolute atomic E-state index is 0.696. The molecule has 2 atom stereocenters. The van der Waals surface area contributed by atoms with E-state index in [1.165, 1.54) is 11.9 Å². The lowest BCUT2D eigenvalue weighted by Crippen LogP contribution is -1.88. The predicted molar refractivity (Wildman–Crippen MR) is 59.5 cm³/mol. The van der Waals surface area contributed by atoms with Crippen molar-refractivity contribution in [2.75, 3.05) is 11.9 Å². The summed E-state index contributed by atoms with van der Waals surface area (Å²) in [6, 6.07) is 0. The fourth-order valence-electron chi connectivity index (χ4n) is 0.373. The van der Waals surface area contributed by atoms with Crippen molar-refractivity contribution in [1.29, 1.82) is 0 Å². The van der Waals surface area contributed by atoms with Gasteiger partial charge in [-0.2, -0.15) is 0 Å². The van der Waals surface area contributed by atoms with Crippen molar-refractivity contribution < 1.29 is 0 Å². The molecule has 1 rings (SSSR count). The quantitative estimate of drug-likeness (QED) is 0.360. The Morgan fingerprint density at radius 2 is 2.25 bits per heavy atom. The van der Waals surface area contributed by atoms with Gasteiger partial charge < -0.3 is 0 Å². The van der Waals surface area contributed by atoms with E-state index in [0.29, 0.717) is 0 Å². The zero-order chi connectivity index (χ0) is 6.04. The van der Waals surface area contributed by atoms with Crippen molar-refractivity contribution in [2.45, 2.75) is 0 Å². The van der Waals surface area contributed by atoms with Gasteiger partial charge in [0.25, 0.3) is 0 Å². The molecule has 1 heterocycles. The third kappa shape index (κ3) is 2.90. The monoisotopic (exact) mass is 222 g/mol. The Bertz CT molecular complexity index is 76.1. The maximum absolute atomic E-state index is 4.46. The predicted octanol–water partition coefficient (Wildman–Crippen LogP) is 3.33. The van der Waals surface area contributed by atoms with E-state index < -0.39 is 7.71 Å². The summed E-state index contributed by atoms with van der Waals surface area (Å²) in [4.78, 5) is 0. The summed E-state index contributed by atoms with van der Waals surface area (Å²) in [6.45, 7) is 0.969. The average molecular weight is 222 g/mol.